The van der Waals surface area contributed by atoms with Gasteiger partial charge in [0, 0.05) is 19.8 Å². The maximum atomic E-state index is 3.87. The minimum Gasteiger partial charge on any atom is -0.0654 e. The second kappa shape index (κ2) is 9.30. The van der Waals surface area contributed by atoms with Crippen LogP contribution < -0.4 is 0 Å². The first-order valence-corrected chi connectivity index (χ1v) is 16.3. The minimum absolute atomic E-state index is 0.412. The van der Waals surface area contributed by atoms with Crippen LogP contribution >= 0.6 is 31.9 Å². The van der Waals surface area contributed by atoms with Gasteiger partial charge in [-0.1, -0.05) is 122 Å². The number of hydrogen-bond donors (Lipinski definition) is 0. The van der Waals surface area contributed by atoms with Gasteiger partial charge < -0.3 is 0 Å². The van der Waals surface area contributed by atoms with Crippen molar-refractivity contribution in [3.05, 3.63) is 56.5 Å². The molecule has 35 heavy (non-hydrogen) atoms. The topological polar surface area (TPSA) is 0 Å². The lowest BCUT2D eigenvalue weighted by Gasteiger charge is -2.52. The van der Waals surface area contributed by atoms with E-state index in [1.54, 1.807) is 11.1 Å². The molecule has 0 amide bonds. The molecule has 4 atom stereocenters. The van der Waals surface area contributed by atoms with Gasteiger partial charge in [0.2, 0.25) is 0 Å². The Kier molecular flexibility index (Phi) is 6.57. The van der Waals surface area contributed by atoms with Crippen molar-refractivity contribution in [1.29, 1.82) is 0 Å². The summed E-state index contributed by atoms with van der Waals surface area (Å²) in [6.07, 6.45) is 19.9. The van der Waals surface area contributed by atoms with Crippen molar-refractivity contribution in [1.82, 2.24) is 0 Å². The predicted octanol–water partition coefficient (Wildman–Crippen LogP) is 11.1. The molecule has 188 valence electrons. The van der Waals surface area contributed by atoms with Crippen LogP contribution in [0.3, 0.4) is 0 Å². The van der Waals surface area contributed by atoms with Gasteiger partial charge in [-0.15, -0.1) is 0 Å². The summed E-state index contributed by atoms with van der Waals surface area (Å²) in [5.74, 6) is 1.85. The zero-order chi connectivity index (χ0) is 24.3. The number of hydrogen-bond acceptors (Lipinski definition) is 0. The van der Waals surface area contributed by atoms with Gasteiger partial charge in [0.15, 0.2) is 0 Å². The summed E-state index contributed by atoms with van der Waals surface area (Å²) in [4.78, 5) is 0. The van der Waals surface area contributed by atoms with Crippen LogP contribution in [-0.4, -0.2) is 0 Å². The average molecular weight is 599 g/mol. The average Bonchev–Trinajstić information content (AvgIpc) is 3.18. The highest BCUT2D eigenvalue weighted by Gasteiger charge is 3.02. The molecule has 0 saturated heterocycles. The van der Waals surface area contributed by atoms with Gasteiger partial charge >= 0.3 is 0 Å². The van der Waals surface area contributed by atoms with Crippen molar-refractivity contribution in [2.45, 2.75) is 115 Å². The zero-order valence-electron chi connectivity index (χ0n) is 21.8. The maximum Gasteiger partial charge on any atom is 0.0178 e. The molecule has 0 heterocycles. The van der Waals surface area contributed by atoms with Crippen LogP contribution in [0.1, 0.15) is 115 Å². The van der Waals surface area contributed by atoms with E-state index in [2.05, 4.69) is 82.1 Å². The second-order valence-electron chi connectivity index (χ2n) is 12.3. The van der Waals surface area contributed by atoms with E-state index >= 15 is 0 Å². The monoisotopic (exact) mass is 596 g/mol. The molecule has 0 N–H and O–H groups in total. The first kappa shape index (κ1) is 24.7. The Bertz CT molecular complexity index is 1010. The molecular formula is C33H42Br2. The van der Waals surface area contributed by atoms with Crippen LogP contribution in [0.2, 0.25) is 0 Å². The lowest BCUT2D eigenvalue weighted by molar-refractivity contribution is -0.00519. The Hall–Kier alpha value is -0.600. The third-order valence-electron chi connectivity index (χ3n) is 11.0. The molecule has 6 rings (SSSR count). The molecule has 2 aromatic rings. The zero-order valence-corrected chi connectivity index (χ0v) is 24.9. The molecule has 3 spiro atoms. The van der Waals surface area contributed by atoms with Crippen LogP contribution in [0.4, 0.5) is 0 Å². The van der Waals surface area contributed by atoms with E-state index in [9.17, 15) is 0 Å². The van der Waals surface area contributed by atoms with Gasteiger partial charge in [0.05, 0.1) is 0 Å². The van der Waals surface area contributed by atoms with Gasteiger partial charge in [-0.05, 0) is 89.5 Å². The summed E-state index contributed by atoms with van der Waals surface area (Å²) < 4.78 is 2.53. The summed E-state index contributed by atoms with van der Waals surface area (Å²) in [6.45, 7) is 4.66. The maximum absolute atomic E-state index is 3.87. The van der Waals surface area contributed by atoms with E-state index in [4.69, 9.17) is 0 Å². The third-order valence-corrected chi connectivity index (χ3v) is 11.9. The van der Waals surface area contributed by atoms with Crippen molar-refractivity contribution in [3.8, 4) is 11.1 Å². The highest BCUT2D eigenvalue weighted by molar-refractivity contribution is 9.10. The molecule has 0 aliphatic heterocycles. The van der Waals surface area contributed by atoms with Crippen LogP contribution in [0, 0.1) is 17.3 Å². The van der Waals surface area contributed by atoms with Crippen molar-refractivity contribution >= 4 is 31.9 Å². The Labute approximate surface area is 230 Å². The van der Waals surface area contributed by atoms with Gasteiger partial charge in [0.25, 0.3) is 0 Å². The molecule has 0 radical (unpaired) electrons. The quantitative estimate of drug-likeness (QED) is 0.213. The molecule has 4 aliphatic carbocycles. The van der Waals surface area contributed by atoms with Crippen molar-refractivity contribution in [3.63, 3.8) is 0 Å². The molecular weight excluding hydrogens is 556 g/mol. The number of unbranched alkanes of at least 4 members (excludes halogenated alkanes) is 8. The van der Waals surface area contributed by atoms with E-state index in [0.29, 0.717) is 16.2 Å². The van der Waals surface area contributed by atoms with Crippen LogP contribution in [0.25, 0.3) is 11.1 Å². The van der Waals surface area contributed by atoms with Crippen LogP contribution in [-0.2, 0) is 10.8 Å². The van der Waals surface area contributed by atoms with Crippen molar-refractivity contribution < 1.29 is 0 Å². The molecule has 2 aromatic carbocycles. The van der Waals surface area contributed by atoms with E-state index < -0.39 is 0 Å². The summed E-state index contributed by atoms with van der Waals surface area (Å²) >= 11 is 7.73. The van der Waals surface area contributed by atoms with E-state index in [-0.39, 0.29) is 0 Å². The van der Waals surface area contributed by atoms with Crippen LogP contribution in [0.5, 0.6) is 0 Å². The Balaban J connectivity index is 1.36. The van der Waals surface area contributed by atoms with Crippen molar-refractivity contribution in [2.75, 3.05) is 0 Å². The Morgan fingerprint density at radius 2 is 1.06 bits per heavy atom. The van der Waals surface area contributed by atoms with Gasteiger partial charge in [0.1, 0.15) is 0 Å². The summed E-state index contributed by atoms with van der Waals surface area (Å²) in [6, 6.07) is 14.4. The largest absolute Gasteiger partial charge is 0.0654 e. The molecule has 3 fully saturated rings. The first-order valence-electron chi connectivity index (χ1n) is 14.7. The molecule has 0 nitrogen and oxygen atoms in total. The molecule has 2 heteroatoms. The molecule has 0 aromatic heterocycles. The standard InChI is InChI=1S/C33H42Br2/c1-3-5-7-9-11-13-23-21-31-29-19-25(34)15-17-27(29)28-18-16-26(35)20-30(28)32(31)22-24(33(23,31)32)14-12-10-8-6-4-2/h15-20,23-24H,3-14,21-22H2,1-2H3/t23?,24?,31-,32-,33?/m1/s1. The fourth-order valence-corrected chi connectivity index (χ4v) is 10.7. The summed E-state index contributed by atoms with van der Waals surface area (Å²) in [7, 11) is 0. The Morgan fingerprint density at radius 3 is 1.49 bits per heavy atom. The number of fused-ring (bicyclic) bond motifs is 3. The lowest BCUT2D eigenvalue weighted by atomic mass is 9.51. The molecule has 3 saturated carbocycles. The fraction of sp³-hybridized carbons (Fsp3) is 0.636. The predicted molar refractivity (Wildman–Crippen MR) is 156 cm³/mol. The normalized spacial score (nSPS) is 32.9. The van der Waals surface area contributed by atoms with Gasteiger partial charge in [-0.2, -0.15) is 0 Å². The number of halogens is 2. The van der Waals surface area contributed by atoms with E-state index in [0.717, 1.165) is 11.8 Å². The number of benzene rings is 2. The lowest BCUT2D eigenvalue weighted by Crippen LogP contribution is -2.47. The summed E-state index contributed by atoms with van der Waals surface area (Å²) in [5, 5.41) is 0. The Morgan fingerprint density at radius 1 is 0.629 bits per heavy atom. The van der Waals surface area contributed by atoms with Crippen molar-refractivity contribution in [2.24, 2.45) is 17.3 Å². The SMILES string of the molecule is CCCCCCCC1C[C@@]23c4cc(Br)ccc4-c4ccc(Br)cc4[C@]24CC(CCCCCCC)C134. The van der Waals surface area contributed by atoms with E-state index in [1.165, 1.54) is 110 Å². The van der Waals surface area contributed by atoms with Gasteiger partial charge in [-0.3, -0.25) is 0 Å². The second-order valence-corrected chi connectivity index (χ2v) is 14.1. The van der Waals surface area contributed by atoms with E-state index in [1.807, 2.05) is 0 Å². The number of rotatable bonds is 12. The van der Waals surface area contributed by atoms with Crippen LogP contribution in [0.15, 0.2) is 45.3 Å². The highest BCUT2D eigenvalue weighted by atomic mass is 79.9. The molecule has 2 unspecified atom stereocenters. The highest BCUT2D eigenvalue weighted by Crippen LogP contribution is 3.03. The minimum atomic E-state index is 0.412. The van der Waals surface area contributed by atoms with Gasteiger partial charge in [-0.25, -0.2) is 0 Å². The molecule has 0 bridgehead atoms. The molecule has 4 aliphatic rings. The fourth-order valence-electron chi connectivity index (χ4n) is 9.95. The first-order chi connectivity index (χ1) is 17.1. The smallest absolute Gasteiger partial charge is 0.0178 e. The third kappa shape index (κ3) is 3.14. The summed E-state index contributed by atoms with van der Waals surface area (Å²) in [5.41, 5.74) is 7.80.